The fourth-order valence-electron chi connectivity index (χ4n) is 7.50. The Bertz CT molecular complexity index is 2270. The largest absolute Gasteiger partial charge is 2.00 e. The Morgan fingerprint density at radius 3 is 1.02 bits per heavy atom. The number of hydrogen-bond acceptors (Lipinski definition) is 4. The predicted molar refractivity (Wildman–Crippen MR) is 245 cm³/mol. The molecule has 61 heavy (non-hydrogen) atoms. The minimum Gasteiger partial charge on any atom is -1.00 e. The van der Waals surface area contributed by atoms with E-state index >= 15 is 0 Å². The minimum atomic E-state index is -1.02. The van der Waals surface area contributed by atoms with Crippen LogP contribution in [0.15, 0.2) is 170 Å². The van der Waals surface area contributed by atoms with E-state index in [1.165, 1.54) is 43.0 Å². The van der Waals surface area contributed by atoms with E-state index < -0.39 is 27.4 Å². The van der Waals surface area contributed by atoms with Crippen molar-refractivity contribution in [1.82, 2.24) is 0 Å². The van der Waals surface area contributed by atoms with E-state index in [2.05, 4.69) is 191 Å². The first-order valence-corrected chi connectivity index (χ1v) is 22.6. The van der Waals surface area contributed by atoms with E-state index in [9.17, 15) is 0 Å². The van der Waals surface area contributed by atoms with Gasteiger partial charge in [0.25, 0.3) is 0 Å². The van der Waals surface area contributed by atoms with Crippen molar-refractivity contribution in [2.75, 3.05) is 0 Å². The van der Waals surface area contributed by atoms with Crippen molar-refractivity contribution in [2.24, 2.45) is 0 Å². The molecule has 0 unspecified atom stereocenters. The molecular formula is C52H50Cl2O4P2Ru. The van der Waals surface area contributed by atoms with Gasteiger partial charge in [0.05, 0.1) is 0 Å². The second-order valence-corrected chi connectivity index (χ2v) is 20.2. The van der Waals surface area contributed by atoms with Crippen molar-refractivity contribution in [3.05, 3.63) is 181 Å². The first-order valence-electron chi connectivity index (χ1n) is 20.0. The van der Waals surface area contributed by atoms with Crippen LogP contribution in [0.3, 0.4) is 0 Å². The molecular weight excluding hydrogens is 922 g/mol. The van der Waals surface area contributed by atoms with Crippen LogP contribution in [0.1, 0.15) is 58.6 Å². The Labute approximate surface area is 389 Å². The van der Waals surface area contributed by atoms with Gasteiger partial charge in [-0.3, -0.25) is 0 Å². The van der Waals surface area contributed by atoms with Crippen molar-refractivity contribution in [1.29, 1.82) is 0 Å². The third-order valence-corrected chi connectivity index (χ3v) is 15.1. The number of aryl methyl sites for hydroxylation is 1. The first-order chi connectivity index (χ1) is 28.0. The van der Waals surface area contributed by atoms with E-state index in [1.807, 2.05) is 27.7 Å². The summed E-state index contributed by atoms with van der Waals surface area (Å²) in [5, 5.41) is 7.33. The summed E-state index contributed by atoms with van der Waals surface area (Å²) >= 11 is 0. The van der Waals surface area contributed by atoms with Crippen LogP contribution in [0, 0.1) is 6.92 Å². The maximum absolute atomic E-state index is 6.80. The Kier molecular flexibility index (Phi) is 15.9. The Morgan fingerprint density at radius 1 is 0.410 bits per heavy atom. The molecule has 0 amide bonds. The number of rotatable bonds is 8. The molecule has 2 heterocycles. The van der Waals surface area contributed by atoms with Crippen LogP contribution in [-0.2, 0) is 19.5 Å². The van der Waals surface area contributed by atoms with E-state index in [4.69, 9.17) is 18.9 Å². The molecule has 314 valence electrons. The molecule has 0 aliphatic carbocycles. The maximum Gasteiger partial charge on any atom is 2.00 e. The molecule has 0 bridgehead atoms. The summed E-state index contributed by atoms with van der Waals surface area (Å²) in [6.07, 6.45) is 0. The number of fused-ring (bicyclic) bond motifs is 2. The summed E-state index contributed by atoms with van der Waals surface area (Å²) in [6.45, 7) is 14.4. The number of ether oxygens (including phenoxy) is 4. The van der Waals surface area contributed by atoms with Gasteiger partial charge in [-0.25, -0.2) is 0 Å². The standard InChI is InChI=1S/C42H36O4P2.C10H14.2ClH.Ru/c1-41(2)43-33-25-27-35(47(29-17-9-5-10-18-29)30-19-11-6-12-20-30)37(39(33)45-41)38-36(28-26-34-40(38)46-42(3,4)44-34)48(31-21-13-7-14-22-31)32-23-15-8-16-24-32;1-8(2)10-6-4-9(3)5-7-10;;;/h5-28H,1-4H3;4-8H,1-3H3;2*1H;/q;;;;+2/p-2. The zero-order chi connectivity index (χ0) is 40.4. The normalized spacial score (nSPS) is 13.7. The zero-order valence-electron chi connectivity index (χ0n) is 35.4. The van der Waals surface area contributed by atoms with Gasteiger partial charge in [0, 0.05) is 38.8 Å². The van der Waals surface area contributed by atoms with Crippen LogP contribution in [0.2, 0.25) is 0 Å². The summed E-state index contributed by atoms with van der Waals surface area (Å²) in [7, 11) is -2.05. The fourth-order valence-corrected chi connectivity index (χ4v) is 12.4. The molecule has 9 heteroatoms. The van der Waals surface area contributed by atoms with E-state index in [0.29, 0.717) is 5.92 Å². The molecule has 0 aromatic heterocycles. The van der Waals surface area contributed by atoms with Crippen LogP contribution in [-0.4, -0.2) is 11.6 Å². The molecule has 7 aromatic carbocycles. The van der Waals surface area contributed by atoms with Crippen molar-refractivity contribution >= 4 is 47.7 Å². The number of hydrogen-bond donors (Lipinski definition) is 0. The Morgan fingerprint density at radius 2 is 0.721 bits per heavy atom. The summed E-state index contributed by atoms with van der Waals surface area (Å²) < 4.78 is 26.5. The van der Waals surface area contributed by atoms with Crippen LogP contribution in [0.25, 0.3) is 11.1 Å². The minimum absolute atomic E-state index is 0. The summed E-state index contributed by atoms with van der Waals surface area (Å²) in [4.78, 5) is 0. The van der Waals surface area contributed by atoms with Gasteiger partial charge in [0.15, 0.2) is 23.0 Å². The smallest absolute Gasteiger partial charge is 1.00 e. The van der Waals surface area contributed by atoms with Crippen LogP contribution in [0.5, 0.6) is 23.0 Å². The molecule has 0 fully saturated rings. The third kappa shape index (κ3) is 10.5. The van der Waals surface area contributed by atoms with Gasteiger partial charge in [0.1, 0.15) is 0 Å². The Hall–Kier alpha value is -4.20. The second-order valence-electron chi connectivity index (χ2n) is 15.9. The second kappa shape index (κ2) is 20.3. The molecule has 4 nitrogen and oxygen atoms in total. The summed E-state index contributed by atoms with van der Waals surface area (Å²) in [5.41, 5.74) is 4.74. The van der Waals surface area contributed by atoms with Gasteiger partial charge in [-0.15, -0.1) is 0 Å². The average molecular weight is 973 g/mol. The van der Waals surface area contributed by atoms with Crippen LogP contribution in [0.4, 0.5) is 0 Å². The SMILES string of the molecule is CC1(C)Oc2ccc(P(c3ccccc3)c3ccccc3)c(-c3c(P(c4ccccc4)c4ccccc4)ccc4c3OC(C)(C)O4)c2O1.Cc1ccc(C(C)C)cc1.[Cl-].[Cl-].[Ru+2]. The molecule has 0 N–H and O–H groups in total. The maximum atomic E-state index is 6.80. The van der Waals surface area contributed by atoms with Crippen LogP contribution < -0.4 is 75.6 Å². The summed E-state index contributed by atoms with van der Waals surface area (Å²) in [6, 6.07) is 60.5. The average Bonchev–Trinajstić information content (AvgIpc) is 3.73. The van der Waals surface area contributed by atoms with Gasteiger partial charge in [0.2, 0.25) is 11.6 Å². The van der Waals surface area contributed by atoms with Crippen molar-refractivity contribution in [3.63, 3.8) is 0 Å². The topological polar surface area (TPSA) is 36.9 Å². The van der Waals surface area contributed by atoms with Gasteiger partial charge >= 0.3 is 19.5 Å². The van der Waals surface area contributed by atoms with E-state index in [0.717, 1.165) is 34.1 Å². The van der Waals surface area contributed by atoms with Gasteiger partial charge < -0.3 is 43.8 Å². The van der Waals surface area contributed by atoms with Crippen molar-refractivity contribution in [3.8, 4) is 34.1 Å². The molecule has 0 saturated carbocycles. The van der Waals surface area contributed by atoms with Gasteiger partial charge in [-0.05, 0) is 90.3 Å². The Balaban J connectivity index is 0.000000480. The van der Waals surface area contributed by atoms with Crippen LogP contribution >= 0.6 is 15.8 Å². The molecule has 7 aromatic rings. The van der Waals surface area contributed by atoms with Crippen molar-refractivity contribution < 1.29 is 63.2 Å². The molecule has 0 atom stereocenters. The van der Waals surface area contributed by atoms with E-state index in [1.54, 1.807) is 0 Å². The third-order valence-electron chi connectivity index (χ3n) is 10.1. The quantitative estimate of drug-likeness (QED) is 0.159. The molecule has 0 spiro atoms. The van der Waals surface area contributed by atoms with E-state index in [-0.39, 0.29) is 44.3 Å². The number of halogens is 2. The zero-order valence-corrected chi connectivity index (χ0v) is 40.4. The molecule has 2 aliphatic heterocycles. The fraction of sp³-hybridized carbons (Fsp3) is 0.192. The molecule has 0 radical (unpaired) electrons. The molecule has 0 saturated heterocycles. The molecule has 9 rings (SSSR count). The summed E-state index contributed by atoms with van der Waals surface area (Å²) in [5.74, 6) is 1.89. The van der Waals surface area contributed by atoms with Gasteiger partial charge in [-0.1, -0.05) is 165 Å². The predicted octanol–water partition coefficient (Wildman–Crippen LogP) is 5.01. The van der Waals surface area contributed by atoms with Gasteiger partial charge in [-0.2, -0.15) is 0 Å². The van der Waals surface area contributed by atoms with Crippen molar-refractivity contribution in [2.45, 2.75) is 66.0 Å². The monoisotopic (exact) mass is 972 g/mol. The molecule has 2 aliphatic rings. The first kappa shape index (κ1) is 47.8. The number of benzene rings is 7.